The number of carboxylic acids is 1. The van der Waals surface area contributed by atoms with E-state index in [2.05, 4.69) is 39.8 Å². The Bertz CT molecular complexity index is 703. The molecule has 2 aromatic carbocycles. The molecule has 0 spiro atoms. The molecule has 0 amide bonds. The molecule has 24 heavy (non-hydrogen) atoms. The van der Waals surface area contributed by atoms with Crippen LogP contribution in [0.5, 0.6) is 0 Å². The summed E-state index contributed by atoms with van der Waals surface area (Å²) < 4.78 is 0. The summed E-state index contributed by atoms with van der Waals surface area (Å²) in [6, 6.07) is 12.2. The van der Waals surface area contributed by atoms with Gasteiger partial charge in [-0.25, -0.2) is 0 Å². The van der Waals surface area contributed by atoms with Crippen molar-refractivity contribution in [2.24, 2.45) is 0 Å². The summed E-state index contributed by atoms with van der Waals surface area (Å²) in [5.41, 5.74) is 18.8. The van der Waals surface area contributed by atoms with Gasteiger partial charge in [-0.1, -0.05) is 58.0 Å². The van der Waals surface area contributed by atoms with Crippen LogP contribution < -0.4 is 11.5 Å². The van der Waals surface area contributed by atoms with E-state index in [9.17, 15) is 0 Å². The van der Waals surface area contributed by atoms with Crippen LogP contribution in [-0.2, 0) is 4.79 Å². The van der Waals surface area contributed by atoms with Crippen LogP contribution in [0.2, 0.25) is 0 Å². The highest BCUT2D eigenvalue weighted by Gasteiger charge is 2.17. The van der Waals surface area contributed by atoms with Gasteiger partial charge < -0.3 is 16.6 Å². The van der Waals surface area contributed by atoms with E-state index in [0.717, 1.165) is 29.4 Å². The van der Waals surface area contributed by atoms with Crippen LogP contribution in [0.4, 0.5) is 11.4 Å². The Morgan fingerprint density at radius 2 is 1.46 bits per heavy atom. The topological polar surface area (TPSA) is 89.3 Å². The van der Waals surface area contributed by atoms with Gasteiger partial charge in [-0.2, -0.15) is 0 Å². The van der Waals surface area contributed by atoms with Crippen LogP contribution in [0.3, 0.4) is 0 Å². The van der Waals surface area contributed by atoms with Crippen molar-refractivity contribution in [2.75, 3.05) is 11.5 Å². The number of hydrogen-bond acceptors (Lipinski definition) is 3. The largest absolute Gasteiger partial charge is 0.481 e. The molecule has 0 bridgehead atoms. The van der Waals surface area contributed by atoms with Gasteiger partial charge >= 0.3 is 0 Å². The van der Waals surface area contributed by atoms with Gasteiger partial charge in [0.1, 0.15) is 0 Å². The average Bonchev–Trinajstić information content (AvgIpc) is 2.46. The molecule has 0 saturated carbocycles. The second kappa shape index (κ2) is 8.39. The third-order valence-corrected chi connectivity index (χ3v) is 3.77. The number of nitrogens with two attached hydrogens (primary N) is 2. The van der Waals surface area contributed by atoms with Crippen molar-refractivity contribution in [1.29, 1.82) is 0 Å². The van der Waals surface area contributed by atoms with Crippen LogP contribution in [-0.4, -0.2) is 11.1 Å². The molecule has 0 aromatic heterocycles. The summed E-state index contributed by atoms with van der Waals surface area (Å²) in [6.07, 6.45) is 0. The molecule has 2 aromatic rings. The van der Waals surface area contributed by atoms with Gasteiger partial charge in [0.15, 0.2) is 0 Å². The highest BCUT2D eigenvalue weighted by molar-refractivity contribution is 5.86. The molecular weight excluding hydrogens is 300 g/mol. The number of carbonyl (C=O) groups is 1. The van der Waals surface area contributed by atoms with E-state index < -0.39 is 5.97 Å². The van der Waals surface area contributed by atoms with Crippen molar-refractivity contribution in [3.8, 4) is 11.1 Å². The maximum Gasteiger partial charge on any atom is 0.300 e. The van der Waals surface area contributed by atoms with Gasteiger partial charge in [0.2, 0.25) is 0 Å². The Balaban J connectivity index is 0.000000648. The Hall–Kier alpha value is -2.49. The molecule has 0 aliphatic rings. The van der Waals surface area contributed by atoms with Crippen molar-refractivity contribution in [3.05, 3.63) is 47.5 Å². The molecule has 0 aliphatic carbocycles. The minimum Gasteiger partial charge on any atom is -0.481 e. The maximum absolute atomic E-state index is 9.00. The Kier molecular flexibility index (Phi) is 6.83. The first-order valence-electron chi connectivity index (χ1n) is 8.13. The fraction of sp³-hybridized carbons (Fsp3) is 0.350. The van der Waals surface area contributed by atoms with Gasteiger partial charge in [-0.15, -0.1) is 0 Å². The second-order valence-corrected chi connectivity index (χ2v) is 6.45. The van der Waals surface area contributed by atoms with Gasteiger partial charge in [-0.05, 0) is 29.0 Å². The smallest absolute Gasteiger partial charge is 0.300 e. The summed E-state index contributed by atoms with van der Waals surface area (Å²) in [7, 11) is 0. The standard InChI is InChI=1S/C18H24N2.C2H4O2/c1-11(2)13-9-10-15(18(20)17(13)12(3)4)14-7-5-6-8-16(14)19;1-2(3)4/h5-12H,19-20H2,1-4H3;1H3,(H,3,4). The quantitative estimate of drug-likeness (QED) is 0.702. The van der Waals surface area contributed by atoms with E-state index in [-0.39, 0.29) is 0 Å². The number of carboxylic acid groups (broad SMARTS) is 1. The van der Waals surface area contributed by atoms with Gasteiger partial charge in [0.25, 0.3) is 5.97 Å². The first-order chi connectivity index (χ1) is 11.2. The van der Waals surface area contributed by atoms with Crippen molar-refractivity contribution in [3.63, 3.8) is 0 Å². The number of anilines is 2. The third kappa shape index (κ3) is 4.75. The highest BCUT2D eigenvalue weighted by Crippen LogP contribution is 2.39. The van der Waals surface area contributed by atoms with Crippen LogP contribution in [0.25, 0.3) is 11.1 Å². The Morgan fingerprint density at radius 1 is 0.917 bits per heavy atom. The highest BCUT2D eigenvalue weighted by atomic mass is 16.4. The number of hydrogen-bond donors (Lipinski definition) is 3. The molecule has 130 valence electrons. The third-order valence-electron chi connectivity index (χ3n) is 3.77. The lowest BCUT2D eigenvalue weighted by Crippen LogP contribution is -2.06. The normalized spacial score (nSPS) is 10.5. The molecule has 0 saturated heterocycles. The monoisotopic (exact) mass is 328 g/mol. The number of nitrogen functional groups attached to an aromatic ring is 2. The molecule has 5 N–H and O–H groups in total. The summed E-state index contributed by atoms with van der Waals surface area (Å²) in [5, 5.41) is 7.42. The number of benzene rings is 2. The molecule has 2 rings (SSSR count). The lowest BCUT2D eigenvalue weighted by atomic mass is 9.86. The lowest BCUT2D eigenvalue weighted by Gasteiger charge is -2.21. The number of para-hydroxylation sites is 1. The zero-order valence-corrected chi connectivity index (χ0v) is 15.1. The first kappa shape index (κ1) is 19.6. The molecule has 0 fully saturated rings. The lowest BCUT2D eigenvalue weighted by molar-refractivity contribution is -0.134. The fourth-order valence-corrected chi connectivity index (χ4v) is 2.78. The summed E-state index contributed by atoms with van der Waals surface area (Å²) >= 11 is 0. The van der Waals surface area contributed by atoms with Crippen LogP contribution >= 0.6 is 0 Å². The van der Waals surface area contributed by atoms with Gasteiger partial charge in [0, 0.05) is 29.4 Å². The summed E-state index contributed by atoms with van der Waals surface area (Å²) in [4.78, 5) is 9.00. The van der Waals surface area contributed by atoms with Crippen molar-refractivity contribution >= 4 is 17.3 Å². The van der Waals surface area contributed by atoms with Crippen LogP contribution in [0, 0.1) is 0 Å². The fourth-order valence-electron chi connectivity index (χ4n) is 2.78. The maximum atomic E-state index is 9.00. The molecule has 0 aliphatic heterocycles. The second-order valence-electron chi connectivity index (χ2n) is 6.45. The van der Waals surface area contributed by atoms with E-state index in [1.807, 2.05) is 24.3 Å². The summed E-state index contributed by atoms with van der Waals surface area (Å²) in [6.45, 7) is 9.87. The Labute approximate surface area is 144 Å². The molecular formula is C20H28N2O2. The molecule has 0 atom stereocenters. The minimum atomic E-state index is -0.833. The number of aliphatic carboxylic acids is 1. The first-order valence-corrected chi connectivity index (χ1v) is 8.13. The van der Waals surface area contributed by atoms with E-state index >= 15 is 0 Å². The molecule has 4 nitrogen and oxygen atoms in total. The zero-order chi connectivity index (χ0) is 18.4. The van der Waals surface area contributed by atoms with Crippen molar-refractivity contribution in [2.45, 2.75) is 46.5 Å². The molecule has 0 radical (unpaired) electrons. The van der Waals surface area contributed by atoms with E-state index in [0.29, 0.717) is 11.8 Å². The number of rotatable bonds is 3. The van der Waals surface area contributed by atoms with Crippen molar-refractivity contribution < 1.29 is 9.90 Å². The van der Waals surface area contributed by atoms with E-state index in [1.54, 1.807) is 0 Å². The van der Waals surface area contributed by atoms with Crippen LogP contribution in [0.1, 0.15) is 57.6 Å². The Morgan fingerprint density at radius 3 is 1.92 bits per heavy atom. The molecule has 4 heteroatoms. The molecule has 0 unspecified atom stereocenters. The minimum absolute atomic E-state index is 0.400. The van der Waals surface area contributed by atoms with E-state index in [4.69, 9.17) is 21.4 Å². The predicted octanol–water partition coefficient (Wildman–Crippen LogP) is 4.86. The predicted molar refractivity (Wildman–Crippen MR) is 102 cm³/mol. The summed E-state index contributed by atoms with van der Waals surface area (Å²) in [5.74, 6) is 0.0363. The van der Waals surface area contributed by atoms with E-state index in [1.165, 1.54) is 11.1 Å². The SMILES string of the molecule is CC(=O)O.CC(C)c1ccc(-c2ccccc2N)c(N)c1C(C)C. The van der Waals surface area contributed by atoms with Crippen LogP contribution in [0.15, 0.2) is 36.4 Å². The zero-order valence-electron chi connectivity index (χ0n) is 15.1. The average molecular weight is 328 g/mol. The van der Waals surface area contributed by atoms with Crippen molar-refractivity contribution in [1.82, 2.24) is 0 Å². The van der Waals surface area contributed by atoms with Gasteiger partial charge in [0.05, 0.1) is 0 Å². The van der Waals surface area contributed by atoms with Gasteiger partial charge in [-0.3, -0.25) is 4.79 Å². The molecule has 0 heterocycles.